The van der Waals surface area contributed by atoms with Gasteiger partial charge in [0.05, 0.1) is 19.8 Å². The molecule has 2 aromatic rings. The smallest absolute Gasteiger partial charge is 0.338 e. The van der Waals surface area contributed by atoms with Gasteiger partial charge in [0, 0.05) is 17.3 Å². The molecule has 1 fully saturated rings. The third kappa shape index (κ3) is 3.66. The number of hydrogen-bond acceptors (Lipinski definition) is 7. The van der Waals surface area contributed by atoms with E-state index in [1.807, 2.05) is 19.1 Å². The maximum absolute atomic E-state index is 13.3. The molecule has 1 unspecified atom stereocenters. The fourth-order valence-corrected chi connectivity index (χ4v) is 4.09. The Bertz CT molecular complexity index is 931. The molecule has 8 nitrogen and oxygen atoms in total. The zero-order chi connectivity index (χ0) is 20.4. The molecule has 0 spiro atoms. The summed E-state index contributed by atoms with van der Waals surface area (Å²) in [5, 5.41) is 7.53. The van der Waals surface area contributed by atoms with Gasteiger partial charge in [-0.2, -0.15) is 10.1 Å². The van der Waals surface area contributed by atoms with Crippen molar-refractivity contribution in [2.24, 2.45) is 0 Å². The molecule has 154 valence electrons. The van der Waals surface area contributed by atoms with Crippen LogP contribution in [-0.4, -0.2) is 41.1 Å². The van der Waals surface area contributed by atoms with E-state index in [1.54, 1.807) is 25.0 Å². The molecule has 0 bridgehead atoms. The van der Waals surface area contributed by atoms with E-state index in [1.165, 1.54) is 12.7 Å². The number of fused-ring (bicyclic) bond motifs is 1. The first-order chi connectivity index (χ1) is 14.1. The zero-order valence-corrected chi connectivity index (χ0v) is 17.0. The Morgan fingerprint density at radius 2 is 1.97 bits per heavy atom. The third-order valence-corrected chi connectivity index (χ3v) is 5.58. The first-order valence-electron chi connectivity index (χ1n) is 9.92. The maximum atomic E-state index is 13.3. The Kier molecular flexibility index (Phi) is 5.42. The van der Waals surface area contributed by atoms with Gasteiger partial charge < -0.3 is 19.5 Å². The van der Waals surface area contributed by atoms with Gasteiger partial charge in [0.25, 0.3) is 0 Å². The molecular formula is C21H26N4O4. The number of carbonyl (C=O) groups is 1. The van der Waals surface area contributed by atoms with Crippen LogP contribution < -0.4 is 14.8 Å². The van der Waals surface area contributed by atoms with Crippen LogP contribution in [-0.2, 0) is 9.53 Å². The standard InChI is InChI=1S/C21H26N4O4/c1-13-18(20(26)29-14-7-5-4-6-8-14)19(25-21(24-13)22-12-23-25)16-10-9-15(27-2)11-17(16)28-3/h9-12,14,19H,4-8H2,1-3H3,(H,22,23,24). The van der Waals surface area contributed by atoms with Crippen molar-refractivity contribution >= 4 is 11.9 Å². The predicted molar refractivity (Wildman–Crippen MR) is 107 cm³/mol. The lowest BCUT2D eigenvalue weighted by Crippen LogP contribution is -2.32. The van der Waals surface area contributed by atoms with Crippen molar-refractivity contribution in [3.63, 3.8) is 0 Å². The highest BCUT2D eigenvalue weighted by atomic mass is 16.5. The van der Waals surface area contributed by atoms with Gasteiger partial charge in [-0.15, -0.1) is 0 Å². The van der Waals surface area contributed by atoms with Crippen molar-refractivity contribution in [2.45, 2.75) is 51.2 Å². The van der Waals surface area contributed by atoms with E-state index in [-0.39, 0.29) is 12.1 Å². The molecule has 1 aliphatic carbocycles. The van der Waals surface area contributed by atoms with E-state index in [4.69, 9.17) is 14.2 Å². The monoisotopic (exact) mass is 398 g/mol. The fraction of sp³-hybridized carbons (Fsp3) is 0.476. The molecule has 2 aliphatic rings. The number of esters is 1. The summed E-state index contributed by atoms with van der Waals surface area (Å²) in [6.07, 6.45) is 6.65. The number of rotatable bonds is 5. The molecular weight excluding hydrogens is 372 g/mol. The van der Waals surface area contributed by atoms with E-state index in [2.05, 4.69) is 15.4 Å². The zero-order valence-electron chi connectivity index (χ0n) is 17.0. The number of nitrogens with zero attached hydrogens (tertiary/aromatic N) is 3. The van der Waals surface area contributed by atoms with Crippen LogP contribution in [0.15, 0.2) is 35.8 Å². The second kappa shape index (κ2) is 8.14. The normalized spacial score (nSPS) is 19.3. The number of carbonyl (C=O) groups excluding carboxylic acids is 1. The number of benzene rings is 1. The number of aromatic nitrogens is 3. The van der Waals surface area contributed by atoms with Crippen LogP contribution in [0.2, 0.25) is 0 Å². The summed E-state index contributed by atoms with van der Waals surface area (Å²) < 4.78 is 18.5. The molecule has 4 rings (SSSR count). The summed E-state index contributed by atoms with van der Waals surface area (Å²) in [5.41, 5.74) is 2.00. The Hall–Kier alpha value is -3.03. The summed E-state index contributed by atoms with van der Waals surface area (Å²) in [6, 6.07) is 5.02. The van der Waals surface area contributed by atoms with Crippen LogP contribution in [0, 0.1) is 0 Å². The van der Waals surface area contributed by atoms with Gasteiger partial charge >= 0.3 is 5.97 Å². The summed E-state index contributed by atoms with van der Waals surface area (Å²) in [4.78, 5) is 17.5. The van der Waals surface area contributed by atoms with Gasteiger partial charge in [0.1, 0.15) is 30.0 Å². The lowest BCUT2D eigenvalue weighted by Gasteiger charge is -2.30. The van der Waals surface area contributed by atoms with Gasteiger partial charge in [-0.3, -0.25) is 0 Å². The molecule has 2 heterocycles. The van der Waals surface area contributed by atoms with Gasteiger partial charge in [0.15, 0.2) is 0 Å². The number of nitrogens with one attached hydrogen (secondary N) is 1. The number of anilines is 1. The van der Waals surface area contributed by atoms with Crippen molar-refractivity contribution in [3.05, 3.63) is 41.4 Å². The third-order valence-electron chi connectivity index (χ3n) is 5.58. The molecule has 1 aromatic carbocycles. The van der Waals surface area contributed by atoms with E-state index in [0.717, 1.165) is 31.2 Å². The van der Waals surface area contributed by atoms with Crippen molar-refractivity contribution in [3.8, 4) is 11.5 Å². The van der Waals surface area contributed by atoms with Crippen LogP contribution in [0.1, 0.15) is 50.6 Å². The summed E-state index contributed by atoms with van der Waals surface area (Å²) >= 11 is 0. The van der Waals surface area contributed by atoms with Crippen LogP contribution in [0.3, 0.4) is 0 Å². The van der Waals surface area contributed by atoms with Crippen LogP contribution in [0.25, 0.3) is 0 Å². The molecule has 1 aliphatic heterocycles. The van der Waals surface area contributed by atoms with E-state index < -0.39 is 6.04 Å². The molecule has 1 atom stereocenters. The Labute approximate surface area is 169 Å². The second-order valence-corrected chi connectivity index (χ2v) is 7.37. The molecule has 1 N–H and O–H groups in total. The topological polar surface area (TPSA) is 87.5 Å². The average molecular weight is 398 g/mol. The Balaban J connectivity index is 1.75. The van der Waals surface area contributed by atoms with Crippen molar-refractivity contribution in [1.82, 2.24) is 14.8 Å². The Morgan fingerprint density at radius 3 is 2.69 bits per heavy atom. The van der Waals surface area contributed by atoms with E-state index >= 15 is 0 Å². The SMILES string of the molecule is COc1ccc(C2C(C(=O)OC3CCCCC3)=C(C)Nc3ncnn32)c(OC)c1. The first kappa shape index (κ1) is 19.3. The van der Waals surface area contributed by atoms with Gasteiger partial charge in [-0.1, -0.05) is 6.42 Å². The van der Waals surface area contributed by atoms with Crippen molar-refractivity contribution < 1.29 is 19.0 Å². The molecule has 0 saturated heterocycles. The lowest BCUT2D eigenvalue weighted by molar-refractivity contribution is -0.146. The second-order valence-electron chi connectivity index (χ2n) is 7.37. The predicted octanol–water partition coefficient (Wildman–Crippen LogP) is 3.46. The first-order valence-corrected chi connectivity index (χ1v) is 9.92. The number of allylic oxidation sites excluding steroid dienone is 1. The Morgan fingerprint density at radius 1 is 1.17 bits per heavy atom. The maximum Gasteiger partial charge on any atom is 0.338 e. The molecule has 0 radical (unpaired) electrons. The quantitative estimate of drug-likeness (QED) is 0.772. The van der Waals surface area contributed by atoms with Crippen LogP contribution in [0.5, 0.6) is 11.5 Å². The summed E-state index contributed by atoms with van der Waals surface area (Å²) in [7, 11) is 3.20. The minimum Gasteiger partial charge on any atom is -0.497 e. The molecule has 1 aromatic heterocycles. The van der Waals surface area contributed by atoms with Crippen molar-refractivity contribution in [2.75, 3.05) is 19.5 Å². The van der Waals surface area contributed by atoms with E-state index in [9.17, 15) is 4.79 Å². The van der Waals surface area contributed by atoms with Crippen LogP contribution >= 0.6 is 0 Å². The molecule has 1 saturated carbocycles. The highest BCUT2D eigenvalue weighted by Crippen LogP contribution is 2.40. The highest BCUT2D eigenvalue weighted by molar-refractivity contribution is 5.92. The largest absolute Gasteiger partial charge is 0.497 e. The lowest BCUT2D eigenvalue weighted by atomic mass is 9.94. The highest BCUT2D eigenvalue weighted by Gasteiger charge is 2.37. The molecule has 0 amide bonds. The number of hydrogen-bond donors (Lipinski definition) is 1. The molecule has 8 heteroatoms. The summed E-state index contributed by atoms with van der Waals surface area (Å²) in [6.45, 7) is 1.86. The minimum atomic E-state index is -0.509. The van der Waals surface area contributed by atoms with Gasteiger partial charge in [-0.05, 0) is 44.7 Å². The van der Waals surface area contributed by atoms with E-state index in [0.29, 0.717) is 28.7 Å². The average Bonchev–Trinajstić information content (AvgIpc) is 3.21. The fourth-order valence-electron chi connectivity index (χ4n) is 4.09. The minimum absolute atomic E-state index is 0.0351. The number of ether oxygens (including phenoxy) is 3. The summed E-state index contributed by atoms with van der Waals surface area (Å²) in [5.74, 6) is 1.52. The van der Waals surface area contributed by atoms with Crippen LogP contribution in [0.4, 0.5) is 5.95 Å². The van der Waals surface area contributed by atoms with Crippen molar-refractivity contribution in [1.29, 1.82) is 0 Å². The number of methoxy groups -OCH3 is 2. The van der Waals surface area contributed by atoms with Gasteiger partial charge in [0.2, 0.25) is 5.95 Å². The molecule has 29 heavy (non-hydrogen) atoms. The van der Waals surface area contributed by atoms with Gasteiger partial charge in [-0.25, -0.2) is 9.48 Å².